The Kier molecular flexibility index (Phi) is 4.66. The van der Waals surface area contributed by atoms with Crippen molar-refractivity contribution in [2.24, 2.45) is 0 Å². The lowest BCUT2D eigenvalue weighted by atomic mass is 9.93. The van der Waals surface area contributed by atoms with Crippen LogP contribution < -0.4 is 10.1 Å². The molecular weight excluding hydrogens is 314 g/mol. The number of ether oxygens (including phenoxy) is 1. The second kappa shape index (κ2) is 7.08. The Labute approximate surface area is 149 Å². The second-order valence-corrected chi connectivity index (χ2v) is 7.29. The number of phenolic OH excluding ortho intramolecular Hbond substituents is 1. The van der Waals surface area contributed by atoms with Gasteiger partial charge in [-0.15, -0.1) is 0 Å². The Hall–Kier alpha value is -2.01. The minimum atomic E-state index is 0.191. The molecule has 0 aliphatic heterocycles. The third kappa shape index (κ3) is 3.38. The fourth-order valence-electron chi connectivity index (χ4n) is 4.20. The largest absolute Gasteiger partial charge is 0.504 e. The van der Waals surface area contributed by atoms with Crippen LogP contribution in [0.1, 0.15) is 67.4 Å². The molecule has 1 aromatic carbocycles. The third-order valence-corrected chi connectivity index (χ3v) is 5.60. The Bertz CT molecular complexity index is 735. The summed E-state index contributed by atoms with van der Waals surface area (Å²) in [5, 5.41) is 18.5. The second-order valence-electron chi connectivity index (χ2n) is 7.29. The van der Waals surface area contributed by atoms with Gasteiger partial charge < -0.3 is 15.2 Å². The van der Waals surface area contributed by atoms with Gasteiger partial charge in [-0.2, -0.15) is 5.10 Å². The number of aromatic nitrogens is 2. The molecule has 0 saturated heterocycles. The van der Waals surface area contributed by atoms with Crippen molar-refractivity contribution >= 4 is 0 Å². The van der Waals surface area contributed by atoms with Crippen LogP contribution in [0, 0.1) is 0 Å². The number of methoxy groups -OCH3 is 1. The maximum absolute atomic E-state index is 9.94. The van der Waals surface area contributed by atoms with Crippen LogP contribution in [0.5, 0.6) is 11.5 Å². The van der Waals surface area contributed by atoms with Gasteiger partial charge >= 0.3 is 0 Å². The van der Waals surface area contributed by atoms with Gasteiger partial charge in [0.05, 0.1) is 24.9 Å². The molecule has 0 bridgehead atoms. The van der Waals surface area contributed by atoms with Crippen molar-refractivity contribution in [1.82, 2.24) is 15.1 Å². The predicted molar refractivity (Wildman–Crippen MR) is 96.9 cm³/mol. The summed E-state index contributed by atoms with van der Waals surface area (Å²) >= 11 is 0. The fraction of sp³-hybridized carbons (Fsp3) is 0.550. The first kappa shape index (κ1) is 16.5. The van der Waals surface area contributed by atoms with Gasteiger partial charge in [0.15, 0.2) is 11.5 Å². The maximum Gasteiger partial charge on any atom is 0.160 e. The highest BCUT2D eigenvalue weighted by atomic mass is 16.5. The molecule has 5 nitrogen and oxygen atoms in total. The van der Waals surface area contributed by atoms with E-state index in [-0.39, 0.29) is 5.75 Å². The first-order valence-electron chi connectivity index (χ1n) is 9.42. The van der Waals surface area contributed by atoms with Gasteiger partial charge in [-0.3, -0.25) is 4.68 Å². The molecule has 1 saturated carbocycles. The monoisotopic (exact) mass is 341 g/mol. The standard InChI is InChI=1S/C20H27N3O2/c1-25-19-10-9-14(11-18(19)24)12-21-17-8-4-5-15-13-23(22-20(15)17)16-6-2-3-7-16/h9-11,13,16-17,21,24H,2-8,12H2,1H3. The topological polar surface area (TPSA) is 59.3 Å². The Morgan fingerprint density at radius 3 is 2.84 bits per heavy atom. The number of nitrogens with one attached hydrogen (secondary N) is 1. The van der Waals surface area contributed by atoms with E-state index in [2.05, 4.69) is 16.2 Å². The summed E-state index contributed by atoms with van der Waals surface area (Å²) in [5.41, 5.74) is 3.70. The van der Waals surface area contributed by atoms with Gasteiger partial charge in [-0.1, -0.05) is 18.9 Å². The molecule has 134 valence electrons. The summed E-state index contributed by atoms with van der Waals surface area (Å²) in [7, 11) is 1.57. The Morgan fingerprint density at radius 2 is 2.08 bits per heavy atom. The zero-order valence-electron chi connectivity index (χ0n) is 14.9. The predicted octanol–water partition coefficient (Wildman–Crippen LogP) is 3.88. The SMILES string of the molecule is COc1ccc(CNC2CCCc3cn(C4CCCC4)nc32)cc1O. The van der Waals surface area contributed by atoms with Crippen molar-refractivity contribution in [3.63, 3.8) is 0 Å². The number of aromatic hydroxyl groups is 1. The van der Waals surface area contributed by atoms with E-state index >= 15 is 0 Å². The molecular formula is C20H27N3O2. The highest BCUT2D eigenvalue weighted by Gasteiger charge is 2.26. The molecule has 2 aromatic rings. The highest BCUT2D eigenvalue weighted by Crippen LogP contribution is 2.34. The molecule has 5 heteroatoms. The summed E-state index contributed by atoms with van der Waals surface area (Å²) < 4.78 is 7.34. The van der Waals surface area contributed by atoms with Crippen LogP contribution in [-0.4, -0.2) is 22.0 Å². The van der Waals surface area contributed by atoms with Gasteiger partial charge in [0.2, 0.25) is 0 Å². The van der Waals surface area contributed by atoms with Crippen molar-refractivity contribution in [3.05, 3.63) is 41.2 Å². The minimum Gasteiger partial charge on any atom is -0.504 e. The number of fused-ring (bicyclic) bond motifs is 1. The first-order chi connectivity index (χ1) is 12.2. The van der Waals surface area contributed by atoms with Crippen molar-refractivity contribution in [3.8, 4) is 11.5 Å². The van der Waals surface area contributed by atoms with Gasteiger partial charge in [0, 0.05) is 12.7 Å². The molecule has 2 N–H and O–H groups in total. The summed E-state index contributed by atoms with van der Waals surface area (Å²) in [6.45, 7) is 0.720. The lowest BCUT2D eigenvalue weighted by molar-refractivity contribution is 0.372. The van der Waals surface area contributed by atoms with Crippen LogP contribution in [0.3, 0.4) is 0 Å². The molecule has 2 aliphatic rings. The molecule has 1 atom stereocenters. The quantitative estimate of drug-likeness (QED) is 0.866. The number of hydrogen-bond donors (Lipinski definition) is 2. The molecule has 4 rings (SSSR count). The summed E-state index contributed by atoms with van der Waals surface area (Å²) in [4.78, 5) is 0. The molecule has 0 amide bonds. The third-order valence-electron chi connectivity index (χ3n) is 5.60. The van der Waals surface area contributed by atoms with E-state index in [4.69, 9.17) is 9.84 Å². The van der Waals surface area contributed by atoms with Crippen molar-refractivity contribution in [2.45, 2.75) is 63.6 Å². The number of rotatable bonds is 5. The normalized spacial score (nSPS) is 20.6. The van der Waals surface area contributed by atoms with E-state index in [9.17, 15) is 5.11 Å². The lowest BCUT2D eigenvalue weighted by Crippen LogP contribution is -2.25. The van der Waals surface area contributed by atoms with E-state index in [1.165, 1.54) is 43.4 Å². The van der Waals surface area contributed by atoms with E-state index in [0.29, 0.717) is 17.8 Å². The lowest BCUT2D eigenvalue weighted by Gasteiger charge is -2.22. The molecule has 1 fully saturated rings. The van der Waals surface area contributed by atoms with Gasteiger partial charge in [0.1, 0.15) is 0 Å². The van der Waals surface area contributed by atoms with E-state index in [1.54, 1.807) is 13.2 Å². The van der Waals surface area contributed by atoms with E-state index < -0.39 is 0 Å². The zero-order chi connectivity index (χ0) is 17.2. The van der Waals surface area contributed by atoms with Crippen LogP contribution in [0.15, 0.2) is 24.4 Å². The average molecular weight is 341 g/mol. The molecule has 0 radical (unpaired) electrons. The van der Waals surface area contributed by atoms with Crippen molar-refractivity contribution in [2.75, 3.05) is 7.11 Å². The van der Waals surface area contributed by atoms with Crippen LogP contribution in [0.4, 0.5) is 0 Å². The number of aryl methyl sites for hydroxylation is 1. The van der Waals surface area contributed by atoms with Gasteiger partial charge in [-0.05, 0) is 55.4 Å². The minimum absolute atomic E-state index is 0.191. The van der Waals surface area contributed by atoms with Crippen molar-refractivity contribution < 1.29 is 9.84 Å². The van der Waals surface area contributed by atoms with Crippen LogP contribution in [0.25, 0.3) is 0 Å². The smallest absolute Gasteiger partial charge is 0.160 e. The van der Waals surface area contributed by atoms with Gasteiger partial charge in [-0.25, -0.2) is 0 Å². The first-order valence-corrected chi connectivity index (χ1v) is 9.42. The molecule has 25 heavy (non-hydrogen) atoms. The van der Waals surface area contributed by atoms with Crippen LogP contribution in [-0.2, 0) is 13.0 Å². The number of hydrogen-bond acceptors (Lipinski definition) is 4. The zero-order valence-corrected chi connectivity index (χ0v) is 14.9. The van der Waals surface area contributed by atoms with Gasteiger partial charge in [0.25, 0.3) is 0 Å². The number of benzene rings is 1. The molecule has 1 heterocycles. The Balaban J connectivity index is 1.46. The maximum atomic E-state index is 9.94. The highest BCUT2D eigenvalue weighted by molar-refractivity contribution is 5.41. The molecule has 0 spiro atoms. The summed E-state index contributed by atoms with van der Waals surface area (Å²) in [6.07, 6.45) is 11.0. The van der Waals surface area contributed by atoms with E-state index in [0.717, 1.165) is 24.9 Å². The van der Waals surface area contributed by atoms with Crippen molar-refractivity contribution in [1.29, 1.82) is 0 Å². The molecule has 2 aliphatic carbocycles. The average Bonchev–Trinajstić information content (AvgIpc) is 3.29. The fourth-order valence-corrected chi connectivity index (χ4v) is 4.20. The summed E-state index contributed by atoms with van der Waals surface area (Å²) in [6, 6.07) is 6.48. The number of phenols is 1. The van der Waals surface area contributed by atoms with Crippen LogP contribution >= 0.6 is 0 Å². The Morgan fingerprint density at radius 1 is 1.24 bits per heavy atom. The molecule has 1 unspecified atom stereocenters. The molecule has 1 aromatic heterocycles. The number of nitrogens with zero attached hydrogens (tertiary/aromatic N) is 2. The van der Waals surface area contributed by atoms with E-state index in [1.807, 2.05) is 12.1 Å². The summed E-state index contributed by atoms with van der Waals surface area (Å²) in [5.74, 6) is 0.704. The van der Waals surface area contributed by atoms with Crippen LogP contribution in [0.2, 0.25) is 0 Å².